The Labute approximate surface area is 216 Å². The van der Waals surface area contributed by atoms with Crippen LogP contribution in [-0.4, -0.2) is 36.1 Å². The Bertz CT molecular complexity index is 1530. The van der Waals surface area contributed by atoms with Gasteiger partial charge in [-0.05, 0) is 67.3 Å². The molecule has 0 aliphatic carbocycles. The molecular weight excluding hydrogens is 521 g/mol. The predicted octanol–water partition coefficient (Wildman–Crippen LogP) is 5.99. The largest absolute Gasteiger partial charge is 0.457 e. The number of hydrogen-bond donors (Lipinski definition) is 0. The van der Waals surface area contributed by atoms with Crippen LogP contribution in [0.4, 0.5) is 13.2 Å². The van der Waals surface area contributed by atoms with Gasteiger partial charge in [-0.3, -0.25) is 9.78 Å². The van der Waals surface area contributed by atoms with Gasteiger partial charge in [0.2, 0.25) is 5.09 Å². The molecule has 38 heavy (non-hydrogen) atoms. The molecule has 0 bridgehead atoms. The van der Waals surface area contributed by atoms with Gasteiger partial charge in [-0.2, -0.15) is 17.5 Å². The zero-order chi connectivity index (χ0) is 26.9. The molecule has 0 N–H and O–H groups in total. The molecule has 1 aliphatic rings. The lowest BCUT2D eigenvalue weighted by molar-refractivity contribution is -0.137. The number of benzene rings is 2. The maximum absolute atomic E-state index is 13.3. The fourth-order valence-electron chi connectivity index (χ4n) is 4.50. The molecule has 0 saturated carbocycles. The first kappa shape index (κ1) is 25.9. The summed E-state index contributed by atoms with van der Waals surface area (Å²) in [6, 6.07) is 13.5. The normalized spacial score (nSPS) is 16.7. The van der Waals surface area contributed by atoms with Gasteiger partial charge in [0.05, 0.1) is 11.6 Å². The molecule has 0 amide bonds. The Hall–Kier alpha value is -3.70. The summed E-state index contributed by atoms with van der Waals surface area (Å²) in [7, 11) is -4.00. The predicted molar refractivity (Wildman–Crippen MR) is 132 cm³/mol. The van der Waals surface area contributed by atoms with Crippen molar-refractivity contribution in [2.75, 3.05) is 6.54 Å². The van der Waals surface area contributed by atoms with E-state index in [1.807, 2.05) is 0 Å². The topological polar surface area (TPSA) is 89.7 Å². The summed E-state index contributed by atoms with van der Waals surface area (Å²) >= 11 is 0. The van der Waals surface area contributed by atoms with E-state index in [0.29, 0.717) is 36.0 Å². The van der Waals surface area contributed by atoms with Crippen molar-refractivity contribution >= 4 is 26.8 Å². The molecule has 0 spiro atoms. The number of rotatable bonds is 8. The summed E-state index contributed by atoms with van der Waals surface area (Å²) in [5.41, 5.74) is 0.413. The Balaban J connectivity index is 1.24. The van der Waals surface area contributed by atoms with Crippen LogP contribution >= 0.6 is 0 Å². The molecule has 11 heteroatoms. The van der Waals surface area contributed by atoms with Crippen LogP contribution in [0.5, 0.6) is 11.5 Å². The number of pyridine rings is 1. The van der Waals surface area contributed by atoms with Gasteiger partial charge in [0.1, 0.15) is 17.1 Å². The Morgan fingerprint density at radius 1 is 1.08 bits per heavy atom. The summed E-state index contributed by atoms with van der Waals surface area (Å²) in [5.74, 6) is 0.469. The van der Waals surface area contributed by atoms with Crippen molar-refractivity contribution < 1.29 is 35.5 Å². The van der Waals surface area contributed by atoms with Crippen LogP contribution in [0.2, 0.25) is 0 Å². The number of sulfonamides is 1. The molecule has 2 aromatic heterocycles. The second-order valence-corrected chi connectivity index (χ2v) is 10.8. The fraction of sp³-hybridized carbons (Fsp3) is 0.259. The first-order chi connectivity index (χ1) is 18.1. The van der Waals surface area contributed by atoms with Crippen LogP contribution in [-0.2, 0) is 27.4 Å². The van der Waals surface area contributed by atoms with E-state index in [-0.39, 0.29) is 29.6 Å². The van der Waals surface area contributed by atoms with Crippen molar-refractivity contribution in [2.45, 2.75) is 43.0 Å². The van der Waals surface area contributed by atoms with Crippen LogP contribution in [0.3, 0.4) is 0 Å². The quantitative estimate of drug-likeness (QED) is 0.271. The molecule has 1 fully saturated rings. The van der Waals surface area contributed by atoms with E-state index >= 15 is 0 Å². The van der Waals surface area contributed by atoms with E-state index in [9.17, 15) is 26.4 Å². The van der Waals surface area contributed by atoms with Gasteiger partial charge in [-0.15, -0.1) is 0 Å². The van der Waals surface area contributed by atoms with Gasteiger partial charge in [0.25, 0.3) is 10.0 Å². The minimum Gasteiger partial charge on any atom is -0.457 e. The number of carbonyl (C=O) groups is 1. The third-order valence-corrected chi connectivity index (χ3v) is 8.17. The molecule has 4 aromatic rings. The summed E-state index contributed by atoms with van der Waals surface area (Å²) in [6.07, 6.45) is 0.0512. The maximum Gasteiger partial charge on any atom is 0.416 e. The maximum atomic E-state index is 13.3. The Morgan fingerprint density at radius 3 is 2.61 bits per heavy atom. The summed E-state index contributed by atoms with van der Waals surface area (Å²) in [6.45, 7) is 0.227. The van der Waals surface area contributed by atoms with Crippen molar-refractivity contribution in [1.29, 1.82) is 0 Å². The van der Waals surface area contributed by atoms with Gasteiger partial charge in [0.15, 0.2) is 5.78 Å². The number of fused-ring (bicyclic) bond motifs is 1. The second kappa shape index (κ2) is 10.2. The van der Waals surface area contributed by atoms with Gasteiger partial charge in [-0.1, -0.05) is 12.1 Å². The number of aromatic nitrogens is 1. The molecule has 5 rings (SSSR count). The first-order valence-electron chi connectivity index (χ1n) is 11.9. The monoisotopic (exact) mass is 544 g/mol. The van der Waals surface area contributed by atoms with Crippen LogP contribution < -0.4 is 4.74 Å². The zero-order valence-corrected chi connectivity index (χ0v) is 20.8. The summed E-state index contributed by atoms with van der Waals surface area (Å²) in [4.78, 5) is 17.1. The van der Waals surface area contributed by atoms with E-state index in [0.717, 1.165) is 17.7 Å². The van der Waals surface area contributed by atoms with Gasteiger partial charge in [0, 0.05) is 36.8 Å². The number of hydrogen-bond acceptors (Lipinski definition) is 6. The molecular formula is C27H23F3N2O5S. The SMILES string of the molecule is O=C(CCc1cccc(Oc2ccc(C(F)(F)F)cc2)c1)[C@@H]1CCCN1S(=O)(=O)c1cc2cnccc2o1. The number of ether oxygens (including phenoxy) is 1. The average molecular weight is 545 g/mol. The standard InChI is InChI=1S/C27H23F3N2O5S/c28-27(29,30)20-7-9-21(10-8-20)36-22-4-1-3-18(15-22)6-11-24(33)23-5-2-14-32(23)38(34,35)26-16-19-17-31-13-12-25(19)37-26/h1,3-4,7-10,12-13,15-17,23H,2,5-6,11,14H2/t23-/m0/s1. The second-order valence-electron chi connectivity index (χ2n) is 8.99. The number of nitrogens with zero attached hydrogens (tertiary/aromatic N) is 2. The highest BCUT2D eigenvalue weighted by Crippen LogP contribution is 2.33. The number of ketones is 1. The molecule has 1 atom stereocenters. The van der Waals surface area contributed by atoms with E-state index in [2.05, 4.69) is 4.98 Å². The average Bonchev–Trinajstić information content (AvgIpc) is 3.56. The number of aryl methyl sites for hydroxylation is 1. The highest BCUT2D eigenvalue weighted by molar-refractivity contribution is 7.89. The van der Waals surface area contributed by atoms with Crippen LogP contribution in [0, 0.1) is 0 Å². The molecule has 0 radical (unpaired) electrons. The van der Waals surface area contributed by atoms with E-state index in [4.69, 9.17) is 9.15 Å². The van der Waals surface area contributed by atoms with Crippen molar-refractivity contribution in [1.82, 2.24) is 9.29 Å². The first-order valence-corrected chi connectivity index (χ1v) is 13.4. The van der Waals surface area contributed by atoms with Crippen molar-refractivity contribution in [2.24, 2.45) is 0 Å². The highest BCUT2D eigenvalue weighted by Gasteiger charge is 2.40. The van der Waals surface area contributed by atoms with Crippen LogP contribution in [0.25, 0.3) is 11.0 Å². The lowest BCUT2D eigenvalue weighted by Crippen LogP contribution is -2.40. The lowest BCUT2D eigenvalue weighted by atomic mass is 10.0. The van der Waals surface area contributed by atoms with E-state index in [1.165, 1.54) is 34.9 Å². The summed E-state index contributed by atoms with van der Waals surface area (Å²) < 4.78 is 77.3. The van der Waals surface area contributed by atoms with E-state index < -0.39 is 27.8 Å². The third kappa shape index (κ3) is 5.44. The number of furan rings is 1. The Kier molecular flexibility index (Phi) is 6.97. The lowest BCUT2D eigenvalue weighted by Gasteiger charge is -2.21. The molecule has 3 heterocycles. The zero-order valence-electron chi connectivity index (χ0n) is 20.0. The number of alkyl halides is 3. The smallest absolute Gasteiger partial charge is 0.416 e. The molecule has 1 saturated heterocycles. The number of halogens is 3. The number of carbonyl (C=O) groups excluding carboxylic acids is 1. The molecule has 7 nitrogen and oxygen atoms in total. The number of Topliss-reactive ketones (excluding diaryl/α,β-unsaturated/α-hetero) is 1. The van der Waals surface area contributed by atoms with E-state index in [1.54, 1.807) is 30.3 Å². The minimum absolute atomic E-state index is 0.116. The van der Waals surface area contributed by atoms with Crippen molar-refractivity contribution in [3.05, 3.63) is 84.2 Å². The van der Waals surface area contributed by atoms with Crippen molar-refractivity contribution in [3.8, 4) is 11.5 Å². The fourth-order valence-corrected chi connectivity index (χ4v) is 6.13. The molecule has 1 aliphatic heterocycles. The molecule has 2 aromatic carbocycles. The van der Waals surface area contributed by atoms with Crippen LogP contribution in [0.1, 0.15) is 30.4 Å². The Morgan fingerprint density at radius 2 is 1.87 bits per heavy atom. The van der Waals surface area contributed by atoms with Crippen LogP contribution in [0.15, 0.2) is 82.6 Å². The minimum atomic E-state index is -4.43. The highest BCUT2D eigenvalue weighted by atomic mass is 32.2. The third-order valence-electron chi connectivity index (χ3n) is 6.41. The van der Waals surface area contributed by atoms with Gasteiger partial charge < -0.3 is 9.15 Å². The molecule has 198 valence electrons. The van der Waals surface area contributed by atoms with Gasteiger partial charge in [-0.25, -0.2) is 8.42 Å². The summed E-state index contributed by atoms with van der Waals surface area (Å²) in [5, 5.41) is 0.347. The molecule has 0 unspecified atom stereocenters. The van der Waals surface area contributed by atoms with Gasteiger partial charge >= 0.3 is 6.18 Å². The van der Waals surface area contributed by atoms with Crippen molar-refractivity contribution in [3.63, 3.8) is 0 Å².